The Kier molecular flexibility index (Phi) is 10.0. The van der Waals surface area contributed by atoms with Gasteiger partial charge in [0.1, 0.15) is 0 Å². The minimum atomic E-state index is -1.79. The molecule has 1 fully saturated rings. The Bertz CT molecular complexity index is 1220. The molecule has 0 spiro atoms. The van der Waals surface area contributed by atoms with Crippen LogP contribution in [0.4, 0.5) is 0 Å². The number of hydrogen-bond donors (Lipinski definition) is 4. The highest BCUT2D eigenvalue weighted by atomic mass is 16.5. The SMILES string of the molecule is CCOc1cc2c(cc1OC)C(c1cc(OC)nnc1OC)=N[C@@H]1CC[C@@H](O)C[C@H]21.O=C(O)CC(O)C(=O)O. The number of methoxy groups -OCH3 is 3. The van der Waals surface area contributed by atoms with Crippen LogP contribution in [0.3, 0.4) is 0 Å². The summed E-state index contributed by atoms with van der Waals surface area (Å²) < 4.78 is 22.2. The van der Waals surface area contributed by atoms with Crippen molar-refractivity contribution >= 4 is 17.7 Å². The van der Waals surface area contributed by atoms with Gasteiger partial charge in [-0.2, -0.15) is 0 Å². The number of aliphatic carboxylic acids is 2. The average molecular weight is 548 g/mol. The third kappa shape index (κ3) is 6.92. The molecule has 4 N–H and O–H groups in total. The smallest absolute Gasteiger partial charge is 0.333 e. The number of carbonyl (C=O) groups is 2. The van der Waals surface area contributed by atoms with Crippen molar-refractivity contribution in [2.24, 2.45) is 4.99 Å². The van der Waals surface area contributed by atoms with E-state index in [2.05, 4.69) is 10.2 Å². The normalized spacial score (nSPS) is 20.2. The Balaban J connectivity index is 0.000000403. The molecule has 2 heterocycles. The second-order valence-corrected chi connectivity index (χ2v) is 8.90. The standard InChI is InChI=1S/C22H27N3O5.C4H6O5/c1-5-30-19-9-13-14-8-12(26)6-7-17(14)23-21(15(13)10-18(19)27-2)16-11-20(28-3)24-25-22(16)29-4;5-2(4(8)9)1-3(6)7/h9-12,14,17,26H,5-8H2,1-4H3;2,5H,1H2,(H,6,7)(H,8,9)/t12-,14-,17-;/m1./s1. The van der Waals surface area contributed by atoms with E-state index in [-0.39, 0.29) is 18.1 Å². The Morgan fingerprint density at radius 1 is 1.00 bits per heavy atom. The molecule has 1 aliphatic carbocycles. The van der Waals surface area contributed by atoms with Gasteiger partial charge >= 0.3 is 11.9 Å². The third-order valence-electron chi connectivity index (χ3n) is 6.42. The number of rotatable bonds is 9. The van der Waals surface area contributed by atoms with Crippen molar-refractivity contribution < 1.29 is 49.0 Å². The van der Waals surface area contributed by atoms with E-state index >= 15 is 0 Å². The van der Waals surface area contributed by atoms with Gasteiger partial charge in [0.15, 0.2) is 17.6 Å². The number of benzene rings is 1. The van der Waals surface area contributed by atoms with Gasteiger partial charge in [0.25, 0.3) is 0 Å². The number of hydrogen-bond acceptors (Lipinski definition) is 11. The van der Waals surface area contributed by atoms with Gasteiger partial charge in [-0.1, -0.05) is 0 Å². The lowest BCUT2D eigenvalue weighted by Crippen LogP contribution is -2.34. The molecule has 13 heteroatoms. The summed E-state index contributed by atoms with van der Waals surface area (Å²) in [6, 6.07) is 5.82. The topological polar surface area (TPSA) is 190 Å². The molecule has 1 aliphatic heterocycles. The van der Waals surface area contributed by atoms with E-state index in [1.54, 1.807) is 27.4 Å². The average Bonchev–Trinajstić information content (AvgIpc) is 2.92. The van der Waals surface area contributed by atoms with Crippen LogP contribution in [0.15, 0.2) is 23.2 Å². The maximum Gasteiger partial charge on any atom is 0.333 e. The number of nitrogens with zero attached hydrogens (tertiary/aromatic N) is 3. The molecule has 0 bridgehead atoms. The Morgan fingerprint density at radius 3 is 2.31 bits per heavy atom. The first kappa shape index (κ1) is 29.6. The van der Waals surface area contributed by atoms with Crippen LogP contribution in [0.2, 0.25) is 0 Å². The molecule has 1 saturated carbocycles. The van der Waals surface area contributed by atoms with E-state index in [4.69, 9.17) is 39.3 Å². The van der Waals surface area contributed by atoms with E-state index in [9.17, 15) is 14.7 Å². The summed E-state index contributed by atoms with van der Waals surface area (Å²) in [5, 5.41) is 42.6. The molecule has 0 radical (unpaired) electrons. The zero-order valence-corrected chi connectivity index (χ0v) is 22.2. The number of aromatic nitrogens is 2. The summed E-state index contributed by atoms with van der Waals surface area (Å²) in [6.45, 7) is 2.48. The van der Waals surface area contributed by atoms with Crippen LogP contribution in [-0.4, -0.2) is 94.5 Å². The number of ether oxygens (including phenoxy) is 4. The van der Waals surface area contributed by atoms with Crippen LogP contribution in [0.5, 0.6) is 23.3 Å². The van der Waals surface area contributed by atoms with Crippen LogP contribution in [-0.2, 0) is 9.59 Å². The quantitative estimate of drug-likeness (QED) is 0.356. The van der Waals surface area contributed by atoms with Crippen molar-refractivity contribution in [3.8, 4) is 23.3 Å². The summed E-state index contributed by atoms with van der Waals surface area (Å²) in [7, 11) is 4.73. The summed E-state index contributed by atoms with van der Waals surface area (Å²) in [5.41, 5.74) is 3.47. The minimum Gasteiger partial charge on any atom is -0.493 e. The molecule has 0 amide bonds. The summed E-state index contributed by atoms with van der Waals surface area (Å²) in [5.74, 6) is -0.651. The highest BCUT2D eigenvalue weighted by Crippen LogP contribution is 2.45. The summed E-state index contributed by atoms with van der Waals surface area (Å²) >= 11 is 0. The highest BCUT2D eigenvalue weighted by Gasteiger charge is 2.38. The Morgan fingerprint density at radius 2 is 1.74 bits per heavy atom. The van der Waals surface area contributed by atoms with Gasteiger partial charge in [-0.15, -0.1) is 10.2 Å². The molecule has 0 saturated heterocycles. The second kappa shape index (κ2) is 13.2. The molecule has 1 aromatic carbocycles. The first-order chi connectivity index (χ1) is 18.6. The molecular weight excluding hydrogens is 514 g/mol. The number of aliphatic imine (C=N–C) groups is 1. The van der Waals surface area contributed by atoms with E-state index in [0.717, 1.165) is 29.7 Å². The minimum absolute atomic E-state index is 0.0580. The monoisotopic (exact) mass is 547 g/mol. The fourth-order valence-corrected chi connectivity index (χ4v) is 4.62. The maximum absolute atomic E-state index is 10.3. The molecule has 1 aromatic heterocycles. The highest BCUT2D eigenvalue weighted by molar-refractivity contribution is 6.16. The molecule has 4 rings (SSSR count). The van der Waals surface area contributed by atoms with E-state index in [0.29, 0.717) is 41.9 Å². The number of carboxylic acid groups (broad SMARTS) is 2. The van der Waals surface area contributed by atoms with Gasteiger partial charge < -0.3 is 39.4 Å². The van der Waals surface area contributed by atoms with Crippen LogP contribution in [0.25, 0.3) is 0 Å². The Hall–Kier alpha value is -3.97. The van der Waals surface area contributed by atoms with Gasteiger partial charge in [0.05, 0.1) is 57.8 Å². The number of aliphatic hydroxyl groups is 2. The zero-order chi connectivity index (χ0) is 28.7. The lowest BCUT2D eigenvalue weighted by Gasteiger charge is -2.37. The molecule has 4 atom stereocenters. The van der Waals surface area contributed by atoms with Crippen LogP contribution in [0, 0.1) is 0 Å². The van der Waals surface area contributed by atoms with Crippen LogP contribution >= 0.6 is 0 Å². The molecule has 13 nitrogen and oxygen atoms in total. The lowest BCUT2D eigenvalue weighted by molar-refractivity contribution is -0.152. The molecule has 39 heavy (non-hydrogen) atoms. The third-order valence-corrected chi connectivity index (χ3v) is 6.42. The van der Waals surface area contributed by atoms with E-state index in [1.165, 1.54) is 0 Å². The Labute approximate surface area is 225 Å². The predicted molar refractivity (Wildman–Crippen MR) is 137 cm³/mol. The van der Waals surface area contributed by atoms with Crippen molar-refractivity contribution in [1.29, 1.82) is 0 Å². The van der Waals surface area contributed by atoms with E-state index < -0.39 is 24.5 Å². The number of aliphatic hydroxyl groups excluding tert-OH is 2. The van der Waals surface area contributed by atoms with Crippen LogP contribution in [0.1, 0.15) is 55.2 Å². The fraction of sp³-hybridized carbons (Fsp3) is 0.500. The second-order valence-electron chi connectivity index (χ2n) is 8.90. The van der Waals surface area contributed by atoms with Crippen molar-refractivity contribution in [1.82, 2.24) is 10.2 Å². The van der Waals surface area contributed by atoms with Crippen molar-refractivity contribution in [3.05, 3.63) is 34.9 Å². The molecule has 212 valence electrons. The van der Waals surface area contributed by atoms with Gasteiger partial charge in [0.2, 0.25) is 11.8 Å². The number of fused-ring (bicyclic) bond motifs is 3. The molecule has 2 aliphatic rings. The molecule has 2 aromatic rings. The van der Waals surface area contributed by atoms with Crippen LogP contribution < -0.4 is 18.9 Å². The van der Waals surface area contributed by atoms with Gasteiger partial charge in [0, 0.05) is 17.5 Å². The van der Waals surface area contributed by atoms with Crippen molar-refractivity contribution in [2.45, 2.75) is 56.8 Å². The zero-order valence-electron chi connectivity index (χ0n) is 22.2. The summed E-state index contributed by atoms with van der Waals surface area (Å²) in [4.78, 5) is 24.5. The fourth-order valence-electron chi connectivity index (χ4n) is 4.62. The lowest BCUT2D eigenvalue weighted by atomic mass is 9.74. The van der Waals surface area contributed by atoms with Gasteiger partial charge in [-0.3, -0.25) is 9.79 Å². The largest absolute Gasteiger partial charge is 0.493 e. The first-order valence-corrected chi connectivity index (χ1v) is 12.3. The predicted octanol–water partition coefficient (Wildman–Crippen LogP) is 1.66. The van der Waals surface area contributed by atoms with Gasteiger partial charge in [-0.05, 0) is 43.9 Å². The van der Waals surface area contributed by atoms with E-state index in [1.807, 2.05) is 19.1 Å². The van der Waals surface area contributed by atoms with Crippen molar-refractivity contribution in [3.63, 3.8) is 0 Å². The maximum atomic E-state index is 10.3. The summed E-state index contributed by atoms with van der Waals surface area (Å²) in [6.07, 6.45) is -0.663. The first-order valence-electron chi connectivity index (χ1n) is 12.3. The van der Waals surface area contributed by atoms with Gasteiger partial charge in [-0.25, -0.2) is 4.79 Å². The molecule has 1 unspecified atom stereocenters. The van der Waals surface area contributed by atoms with Crippen molar-refractivity contribution in [2.75, 3.05) is 27.9 Å². The number of carboxylic acids is 2. The molecular formula is C26H33N3O10.